The first-order valence-corrected chi connectivity index (χ1v) is 7.71. The van der Waals surface area contributed by atoms with E-state index in [1.165, 1.54) is 11.1 Å². The van der Waals surface area contributed by atoms with Crippen molar-refractivity contribution in [2.45, 2.75) is 58.5 Å². The van der Waals surface area contributed by atoms with Crippen LogP contribution >= 0.6 is 0 Å². The van der Waals surface area contributed by atoms with Crippen molar-refractivity contribution in [3.8, 4) is 0 Å². The highest BCUT2D eigenvalue weighted by Crippen LogP contribution is 2.22. The normalized spacial score (nSPS) is 13.0. The van der Waals surface area contributed by atoms with E-state index >= 15 is 0 Å². The molecule has 0 aliphatic carbocycles. The Hall–Kier alpha value is -1.55. The topological polar surface area (TPSA) is 76.4 Å². The van der Waals surface area contributed by atoms with Crippen LogP contribution in [0.2, 0.25) is 0 Å². The third-order valence-electron chi connectivity index (χ3n) is 3.61. The lowest BCUT2D eigenvalue weighted by atomic mass is 9.87. The number of guanidine groups is 1. The van der Waals surface area contributed by atoms with Gasteiger partial charge in [-0.2, -0.15) is 0 Å². The number of aliphatic imine (C=N–C) groups is 1. The van der Waals surface area contributed by atoms with Gasteiger partial charge in [0.25, 0.3) is 0 Å². The lowest BCUT2D eigenvalue weighted by Gasteiger charge is -2.19. The van der Waals surface area contributed by atoms with E-state index in [9.17, 15) is 0 Å². The van der Waals surface area contributed by atoms with Gasteiger partial charge in [0.1, 0.15) is 0 Å². The predicted molar refractivity (Wildman–Crippen MR) is 91.4 cm³/mol. The third-order valence-corrected chi connectivity index (χ3v) is 3.61. The van der Waals surface area contributed by atoms with Gasteiger partial charge in [0, 0.05) is 6.54 Å². The highest BCUT2D eigenvalue weighted by molar-refractivity contribution is 5.75. The van der Waals surface area contributed by atoms with E-state index in [0.717, 1.165) is 25.9 Å². The smallest absolute Gasteiger partial charge is 0.186 e. The van der Waals surface area contributed by atoms with Crippen LogP contribution in [0.4, 0.5) is 0 Å². The zero-order valence-corrected chi connectivity index (χ0v) is 13.8. The monoisotopic (exact) mass is 290 g/mol. The Labute approximate surface area is 129 Å². The second-order valence-electron chi connectivity index (χ2n) is 6.53. The maximum Gasteiger partial charge on any atom is 0.186 e. The summed E-state index contributed by atoms with van der Waals surface area (Å²) in [7, 11) is 0. The van der Waals surface area contributed by atoms with Crippen LogP contribution in [0.15, 0.2) is 29.3 Å². The number of benzene rings is 1. The van der Waals surface area contributed by atoms with Gasteiger partial charge in [-0.1, -0.05) is 52.0 Å². The van der Waals surface area contributed by atoms with Crippen LogP contribution in [-0.2, 0) is 12.0 Å². The summed E-state index contributed by atoms with van der Waals surface area (Å²) in [6, 6.07) is 9.03. The first-order valence-electron chi connectivity index (χ1n) is 7.71. The van der Waals surface area contributed by atoms with Crippen molar-refractivity contribution in [2.75, 3.05) is 6.54 Å². The van der Waals surface area contributed by atoms with Gasteiger partial charge in [-0.3, -0.25) is 4.99 Å². The van der Waals surface area contributed by atoms with Gasteiger partial charge in [0.2, 0.25) is 0 Å². The molecule has 5 N–H and O–H groups in total. The van der Waals surface area contributed by atoms with Crippen molar-refractivity contribution in [1.29, 1.82) is 0 Å². The van der Waals surface area contributed by atoms with Crippen LogP contribution in [0, 0.1) is 0 Å². The van der Waals surface area contributed by atoms with E-state index in [2.05, 4.69) is 62.3 Å². The van der Waals surface area contributed by atoms with E-state index in [1.807, 2.05) is 0 Å². The van der Waals surface area contributed by atoms with Crippen LogP contribution < -0.4 is 16.8 Å². The third kappa shape index (κ3) is 6.63. The van der Waals surface area contributed by atoms with Crippen molar-refractivity contribution in [1.82, 2.24) is 5.32 Å². The van der Waals surface area contributed by atoms with Crippen LogP contribution in [-0.4, -0.2) is 18.5 Å². The molecule has 4 heteroatoms. The SMILES string of the molecule is CCC(CCNCc1ccc(C(C)(C)C)cc1)N=C(N)N. The highest BCUT2D eigenvalue weighted by Gasteiger charge is 2.12. The average molecular weight is 290 g/mol. The molecule has 0 heterocycles. The molecule has 1 unspecified atom stereocenters. The maximum absolute atomic E-state index is 5.42. The number of nitrogens with zero attached hydrogens (tertiary/aromatic N) is 1. The molecule has 0 amide bonds. The Morgan fingerprint density at radius 1 is 1.19 bits per heavy atom. The molecule has 1 atom stereocenters. The van der Waals surface area contributed by atoms with Gasteiger partial charge < -0.3 is 16.8 Å². The summed E-state index contributed by atoms with van der Waals surface area (Å²) in [5, 5.41) is 3.45. The van der Waals surface area contributed by atoms with Crippen LogP contribution in [0.3, 0.4) is 0 Å². The number of hydrogen-bond donors (Lipinski definition) is 3. The Balaban J connectivity index is 2.38. The Bertz CT molecular complexity index is 439. The molecule has 0 fully saturated rings. The number of rotatable bonds is 7. The summed E-state index contributed by atoms with van der Waals surface area (Å²) in [5.74, 6) is 0.180. The van der Waals surface area contributed by atoms with E-state index < -0.39 is 0 Å². The summed E-state index contributed by atoms with van der Waals surface area (Å²) >= 11 is 0. The zero-order valence-electron chi connectivity index (χ0n) is 13.8. The highest BCUT2D eigenvalue weighted by atomic mass is 15.0. The molecule has 1 aromatic rings. The molecule has 21 heavy (non-hydrogen) atoms. The molecule has 0 saturated heterocycles. The van der Waals surface area contributed by atoms with Crippen molar-refractivity contribution in [3.63, 3.8) is 0 Å². The molecule has 0 spiro atoms. The molecular weight excluding hydrogens is 260 g/mol. The molecule has 0 saturated carbocycles. The Kier molecular flexibility index (Phi) is 6.69. The fourth-order valence-electron chi connectivity index (χ4n) is 2.19. The number of hydrogen-bond acceptors (Lipinski definition) is 2. The Morgan fingerprint density at radius 3 is 2.29 bits per heavy atom. The van der Waals surface area contributed by atoms with E-state index in [-0.39, 0.29) is 17.4 Å². The molecular formula is C17H30N4. The predicted octanol–water partition coefficient (Wildman–Crippen LogP) is 2.52. The summed E-state index contributed by atoms with van der Waals surface area (Å²) < 4.78 is 0. The standard InChI is InChI=1S/C17H30N4/c1-5-15(21-16(18)19)10-11-20-12-13-6-8-14(9-7-13)17(2,3)4/h6-9,15,20H,5,10-12H2,1-4H3,(H4,18,19,21). The van der Waals surface area contributed by atoms with Crippen molar-refractivity contribution in [2.24, 2.45) is 16.5 Å². The molecule has 118 valence electrons. The zero-order chi connectivity index (χ0) is 15.9. The van der Waals surface area contributed by atoms with Gasteiger partial charge in [-0.25, -0.2) is 0 Å². The minimum absolute atomic E-state index is 0.180. The number of nitrogens with two attached hydrogens (primary N) is 2. The second kappa shape index (κ2) is 8.03. The van der Waals surface area contributed by atoms with Gasteiger partial charge in [-0.15, -0.1) is 0 Å². The lowest BCUT2D eigenvalue weighted by Crippen LogP contribution is -2.27. The van der Waals surface area contributed by atoms with Gasteiger partial charge in [0.05, 0.1) is 6.04 Å². The van der Waals surface area contributed by atoms with Crippen LogP contribution in [0.5, 0.6) is 0 Å². The summed E-state index contributed by atoms with van der Waals surface area (Å²) in [6.45, 7) is 10.6. The van der Waals surface area contributed by atoms with Crippen molar-refractivity contribution in [3.05, 3.63) is 35.4 Å². The Morgan fingerprint density at radius 2 is 1.81 bits per heavy atom. The molecule has 1 aromatic carbocycles. The molecule has 0 bridgehead atoms. The van der Waals surface area contributed by atoms with E-state index in [1.54, 1.807) is 0 Å². The molecule has 0 aliphatic rings. The second-order valence-corrected chi connectivity index (χ2v) is 6.53. The quantitative estimate of drug-likeness (QED) is 0.410. The van der Waals surface area contributed by atoms with Gasteiger partial charge >= 0.3 is 0 Å². The minimum atomic E-state index is 0.180. The molecule has 4 nitrogen and oxygen atoms in total. The van der Waals surface area contributed by atoms with Crippen molar-refractivity contribution >= 4 is 5.96 Å². The van der Waals surface area contributed by atoms with Crippen LogP contribution in [0.1, 0.15) is 51.7 Å². The lowest BCUT2D eigenvalue weighted by molar-refractivity contribution is 0.550. The largest absolute Gasteiger partial charge is 0.370 e. The van der Waals surface area contributed by atoms with E-state index in [0.29, 0.717) is 0 Å². The van der Waals surface area contributed by atoms with Gasteiger partial charge in [0.15, 0.2) is 5.96 Å². The first-order chi connectivity index (χ1) is 9.82. The first kappa shape index (κ1) is 17.5. The van der Waals surface area contributed by atoms with Crippen LogP contribution in [0.25, 0.3) is 0 Å². The minimum Gasteiger partial charge on any atom is -0.370 e. The summed E-state index contributed by atoms with van der Waals surface area (Å²) in [4.78, 5) is 4.21. The maximum atomic E-state index is 5.42. The molecule has 0 aliphatic heterocycles. The molecule has 1 rings (SSSR count). The molecule has 0 radical (unpaired) electrons. The van der Waals surface area contributed by atoms with E-state index in [4.69, 9.17) is 11.5 Å². The number of nitrogens with one attached hydrogen (secondary N) is 1. The van der Waals surface area contributed by atoms with Crippen molar-refractivity contribution < 1.29 is 0 Å². The molecule has 0 aromatic heterocycles. The van der Waals surface area contributed by atoms with Gasteiger partial charge in [-0.05, 0) is 35.9 Å². The average Bonchev–Trinajstić information content (AvgIpc) is 2.41. The summed E-state index contributed by atoms with van der Waals surface area (Å²) in [6.07, 6.45) is 1.91. The summed E-state index contributed by atoms with van der Waals surface area (Å²) in [5.41, 5.74) is 13.7. The fourth-order valence-corrected chi connectivity index (χ4v) is 2.19. The fraction of sp³-hybridized carbons (Fsp3) is 0.588.